The first-order chi connectivity index (χ1) is 7.65. The summed E-state index contributed by atoms with van der Waals surface area (Å²) < 4.78 is 1.60. The maximum absolute atomic E-state index is 10.9. The Labute approximate surface area is 92.1 Å². The third kappa shape index (κ3) is 1.48. The molecule has 0 fully saturated rings. The summed E-state index contributed by atoms with van der Waals surface area (Å²) in [6.07, 6.45) is 2.32. The zero-order chi connectivity index (χ0) is 11.7. The number of carbonyl (C=O) groups is 2. The second-order valence-electron chi connectivity index (χ2n) is 3.64. The molecule has 4 heteroatoms. The lowest BCUT2D eigenvalue weighted by Crippen LogP contribution is -2.14. The van der Waals surface area contributed by atoms with E-state index in [4.69, 9.17) is 5.11 Å². The van der Waals surface area contributed by atoms with Gasteiger partial charge in [-0.15, -0.1) is 0 Å². The molecule has 0 saturated heterocycles. The fourth-order valence-electron chi connectivity index (χ4n) is 1.77. The Morgan fingerprint density at radius 2 is 2.12 bits per heavy atom. The van der Waals surface area contributed by atoms with Gasteiger partial charge in [0.15, 0.2) is 6.29 Å². The molecule has 4 nitrogen and oxygen atoms in total. The molecule has 16 heavy (non-hydrogen) atoms. The average molecular weight is 217 g/mol. The van der Waals surface area contributed by atoms with Crippen LogP contribution >= 0.6 is 0 Å². The topological polar surface area (TPSA) is 59.3 Å². The lowest BCUT2D eigenvalue weighted by molar-refractivity contribution is -0.140. The van der Waals surface area contributed by atoms with Gasteiger partial charge in [-0.05, 0) is 13.0 Å². The van der Waals surface area contributed by atoms with Crippen molar-refractivity contribution in [3.63, 3.8) is 0 Å². The number of para-hydroxylation sites is 1. The first-order valence-corrected chi connectivity index (χ1v) is 4.92. The van der Waals surface area contributed by atoms with Crippen LogP contribution in [-0.2, 0) is 4.79 Å². The molecule has 0 amide bonds. The van der Waals surface area contributed by atoms with Crippen LogP contribution in [0.3, 0.4) is 0 Å². The Balaban J connectivity index is 2.71. The van der Waals surface area contributed by atoms with E-state index in [9.17, 15) is 9.59 Å². The van der Waals surface area contributed by atoms with Gasteiger partial charge in [0.1, 0.15) is 6.04 Å². The largest absolute Gasteiger partial charge is 0.480 e. The molecule has 1 unspecified atom stereocenters. The number of fused-ring (bicyclic) bond motifs is 1. The van der Waals surface area contributed by atoms with E-state index in [1.54, 1.807) is 17.7 Å². The predicted octanol–water partition coefficient (Wildman–Crippen LogP) is 2.10. The first-order valence-electron chi connectivity index (χ1n) is 4.92. The minimum Gasteiger partial charge on any atom is -0.480 e. The SMILES string of the molecule is CC(C(=O)O)n1cc(C=O)c2ccccc21. The number of hydrogen-bond donors (Lipinski definition) is 1. The monoisotopic (exact) mass is 217 g/mol. The van der Waals surface area contributed by atoms with Gasteiger partial charge in [0.05, 0.1) is 0 Å². The Hall–Kier alpha value is -2.10. The summed E-state index contributed by atoms with van der Waals surface area (Å²) in [5.41, 5.74) is 1.28. The van der Waals surface area contributed by atoms with Gasteiger partial charge in [0, 0.05) is 22.7 Å². The summed E-state index contributed by atoms with van der Waals surface area (Å²) in [6, 6.07) is 6.58. The first kappa shape index (κ1) is 10.4. The normalized spacial score (nSPS) is 12.6. The summed E-state index contributed by atoms with van der Waals surface area (Å²) >= 11 is 0. The molecule has 1 N–H and O–H groups in total. The highest BCUT2D eigenvalue weighted by Gasteiger charge is 2.17. The van der Waals surface area contributed by atoms with Crippen molar-refractivity contribution in [1.82, 2.24) is 4.57 Å². The molecule has 2 rings (SSSR count). The van der Waals surface area contributed by atoms with Gasteiger partial charge in [0.25, 0.3) is 0 Å². The lowest BCUT2D eigenvalue weighted by atomic mass is 10.2. The number of rotatable bonds is 3. The van der Waals surface area contributed by atoms with Crippen LogP contribution in [0.5, 0.6) is 0 Å². The standard InChI is InChI=1S/C12H11NO3/c1-8(12(15)16)13-6-9(7-14)10-4-2-3-5-11(10)13/h2-8H,1H3,(H,15,16). The fourth-order valence-corrected chi connectivity index (χ4v) is 1.77. The van der Waals surface area contributed by atoms with E-state index in [0.717, 1.165) is 17.2 Å². The molecule has 0 spiro atoms. The van der Waals surface area contributed by atoms with Gasteiger partial charge in [-0.2, -0.15) is 0 Å². The maximum atomic E-state index is 10.9. The van der Waals surface area contributed by atoms with Gasteiger partial charge >= 0.3 is 5.97 Å². The fraction of sp³-hybridized carbons (Fsp3) is 0.167. The lowest BCUT2D eigenvalue weighted by Gasteiger charge is -2.09. The highest BCUT2D eigenvalue weighted by Crippen LogP contribution is 2.23. The van der Waals surface area contributed by atoms with Crippen molar-refractivity contribution in [2.75, 3.05) is 0 Å². The smallest absolute Gasteiger partial charge is 0.326 e. The van der Waals surface area contributed by atoms with Crippen LogP contribution < -0.4 is 0 Å². The summed E-state index contributed by atoms with van der Waals surface area (Å²) in [4.78, 5) is 21.8. The minimum atomic E-state index is -0.918. The van der Waals surface area contributed by atoms with Gasteiger partial charge in [-0.1, -0.05) is 18.2 Å². The number of nitrogens with zero attached hydrogens (tertiary/aromatic N) is 1. The molecule has 0 radical (unpaired) electrons. The second-order valence-corrected chi connectivity index (χ2v) is 3.64. The molecule has 2 aromatic rings. The van der Waals surface area contributed by atoms with Crippen LogP contribution in [0.2, 0.25) is 0 Å². The number of aliphatic carboxylic acids is 1. The van der Waals surface area contributed by atoms with Crippen molar-refractivity contribution in [3.05, 3.63) is 36.0 Å². The van der Waals surface area contributed by atoms with Gasteiger partial charge in [0.2, 0.25) is 0 Å². The number of aldehydes is 1. The maximum Gasteiger partial charge on any atom is 0.326 e. The van der Waals surface area contributed by atoms with Gasteiger partial charge < -0.3 is 9.67 Å². The Morgan fingerprint density at radius 1 is 1.44 bits per heavy atom. The van der Waals surface area contributed by atoms with Gasteiger partial charge in [-0.3, -0.25) is 4.79 Å². The van der Waals surface area contributed by atoms with E-state index in [-0.39, 0.29) is 0 Å². The van der Waals surface area contributed by atoms with Crippen molar-refractivity contribution < 1.29 is 14.7 Å². The summed E-state index contributed by atoms with van der Waals surface area (Å²) in [5.74, 6) is -0.918. The Kier molecular flexibility index (Phi) is 2.48. The van der Waals surface area contributed by atoms with E-state index in [1.807, 2.05) is 24.3 Å². The Bertz CT molecular complexity index is 556. The highest BCUT2D eigenvalue weighted by molar-refractivity contribution is 5.98. The van der Waals surface area contributed by atoms with E-state index in [2.05, 4.69) is 0 Å². The third-order valence-corrected chi connectivity index (χ3v) is 2.67. The van der Waals surface area contributed by atoms with Crippen molar-refractivity contribution in [2.24, 2.45) is 0 Å². The van der Waals surface area contributed by atoms with Crippen LogP contribution in [0.4, 0.5) is 0 Å². The molecule has 1 atom stereocenters. The molecule has 0 aliphatic heterocycles. The van der Waals surface area contributed by atoms with E-state index < -0.39 is 12.0 Å². The van der Waals surface area contributed by atoms with Gasteiger partial charge in [-0.25, -0.2) is 4.79 Å². The van der Waals surface area contributed by atoms with Crippen LogP contribution in [0.25, 0.3) is 10.9 Å². The van der Waals surface area contributed by atoms with Crippen molar-refractivity contribution in [1.29, 1.82) is 0 Å². The average Bonchev–Trinajstić information content (AvgIpc) is 2.66. The highest BCUT2D eigenvalue weighted by atomic mass is 16.4. The third-order valence-electron chi connectivity index (χ3n) is 2.67. The number of carboxylic acids is 1. The van der Waals surface area contributed by atoms with E-state index in [1.165, 1.54) is 0 Å². The summed E-state index contributed by atoms with van der Waals surface area (Å²) in [7, 11) is 0. The van der Waals surface area contributed by atoms with Crippen LogP contribution in [0.1, 0.15) is 23.3 Å². The number of hydrogen-bond acceptors (Lipinski definition) is 2. The molecular weight excluding hydrogens is 206 g/mol. The molecule has 1 heterocycles. The molecule has 1 aromatic heterocycles. The Morgan fingerprint density at radius 3 is 2.75 bits per heavy atom. The van der Waals surface area contributed by atoms with Crippen molar-refractivity contribution in [2.45, 2.75) is 13.0 Å². The number of carboxylic acid groups (broad SMARTS) is 1. The summed E-state index contributed by atoms with van der Waals surface area (Å²) in [5, 5.41) is 9.75. The van der Waals surface area contributed by atoms with Crippen molar-refractivity contribution >= 4 is 23.2 Å². The molecule has 0 bridgehead atoms. The second kappa shape index (κ2) is 3.81. The molecule has 1 aromatic carbocycles. The number of aromatic nitrogens is 1. The van der Waals surface area contributed by atoms with Crippen LogP contribution in [0.15, 0.2) is 30.5 Å². The molecule has 0 aliphatic rings. The number of carbonyl (C=O) groups excluding carboxylic acids is 1. The van der Waals surface area contributed by atoms with Crippen LogP contribution in [0, 0.1) is 0 Å². The molecule has 0 saturated carbocycles. The zero-order valence-corrected chi connectivity index (χ0v) is 8.75. The predicted molar refractivity (Wildman–Crippen MR) is 59.7 cm³/mol. The van der Waals surface area contributed by atoms with E-state index >= 15 is 0 Å². The van der Waals surface area contributed by atoms with Crippen LogP contribution in [-0.4, -0.2) is 21.9 Å². The molecule has 0 aliphatic carbocycles. The zero-order valence-electron chi connectivity index (χ0n) is 8.75. The minimum absolute atomic E-state index is 0.517. The number of benzene rings is 1. The molecular formula is C12H11NO3. The quantitative estimate of drug-likeness (QED) is 0.801. The molecule has 82 valence electrons. The van der Waals surface area contributed by atoms with Crippen molar-refractivity contribution in [3.8, 4) is 0 Å². The van der Waals surface area contributed by atoms with E-state index in [0.29, 0.717) is 5.56 Å². The summed E-state index contributed by atoms with van der Waals surface area (Å²) in [6.45, 7) is 1.59.